The van der Waals surface area contributed by atoms with Crippen molar-refractivity contribution in [2.75, 3.05) is 0 Å². The Morgan fingerprint density at radius 1 is 1.00 bits per heavy atom. The van der Waals surface area contributed by atoms with E-state index in [1.807, 2.05) is 0 Å². The summed E-state index contributed by atoms with van der Waals surface area (Å²) in [6.45, 7) is 0. The Morgan fingerprint density at radius 2 is 1.64 bits per heavy atom. The molecule has 8 nitrogen and oxygen atoms in total. The van der Waals surface area contributed by atoms with Gasteiger partial charge < -0.3 is 0 Å². The van der Waals surface area contributed by atoms with E-state index in [0.717, 1.165) is 18.2 Å². The van der Waals surface area contributed by atoms with E-state index in [0.29, 0.717) is 0 Å². The maximum absolute atomic E-state index is 12.7. The van der Waals surface area contributed by atoms with Crippen molar-refractivity contribution in [1.29, 1.82) is 0 Å². The number of fused-ring (bicyclic) bond motifs is 2. The van der Waals surface area contributed by atoms with Crippen molar-refractivity contribution in [1.82, 2.24) is 0 Å². The van der Waals surface area contributed by atoms with Gasteiger partial charge in [0.25, 0.3) is 15.8 Å². The molecule has 2 aromatic rings. The predicted molar refractivity (Wildman–Crippen MR) is 81.2 cm³/mol. The maximum atomic E-state index is 12.7. The molecule has 0 unspecified atom stereocenters. The minimum atomic E-state index is -4.82. The quantitative estimate of drug-likeness (QED) is 0.257. The molecule has 0 heterocycles. The molecule has 0 saturated heterocycles. The Labute approximate surface area is 188 Å². The zero-order valence-corrected chi connectivity index (χ0v) is 17.2. The van der Waals surface area contributed by atoms with E-state index < -0.39 is 48.3 Å². The van der Waals surface area contributed by atoms with Gasteiger partial charge in [0.05, 0.1) is 21.1 Å². The third-order valence-corrected chi connectivity index (χ3v) is 4.77. The first-order valence-electron chi connectivity index (χ1n) is 6.31. The molecule has 0 saturated carbocycles. The molecule has 0 bridgehead atoms. The second-order valence-corrected chi connectivity index (χ2v) is 6.68. The van der Waals surface area contributed by atoms with E-state index in [4.69, 9.17) is 11.6 Å². The van der Waals surface area contributed by atoms with E-state index in [1.165, 1.54) is 12.1 Å². The molecular formula is C14H6ClKNO7S+. The molecule has 0 aromatic heterocycles. The molecule has 3 rings (SSSR count). The zero-order valence-electron chi connectivity index (χ0n) is 12.5. The van der Waals surface area contributed by atoms with E-state index in [9.17, 15) is 32.7 Å². The zero-order chi connectivity index (χ0) is 17.8. The molecule has 1 aliphatic carbocycles. The number of carbonyl (C=O) groups excluding carboxylic acids is 2. The summed E-state index contributed by atoms with van der Waals surface area (Å²) >= 11 is 5.91. The summed E-state index contributed by atoms with van der Waals surface area (Å²) in [5.41, 5.74) is -2.55. The minimum absolute atomic E-state index is 0. The topological polar surface area (TPSA) is 132 Å². The first kappa shape index (κ1) is 20.3. The number of nitro benzene ring substituents is 1. The molecule has 11 heteroatoms. The number of hydrogen-bond donors (Lipinski definition) is 1. The normalized spacial score (nSPS) is 12.9. The SMILES string of the molecule is O=C1c2cccc(S(=O)(=O)O)c2C(=O)c2c([N+](=O)[O-])ccc(Cl)c21.[K+]. The van der Waals surface area contributed by atoms with Crippen molar-refractivity contribution in [3.8, 4) is 0 Å². The summed E-state index contributed by atoms with van der Waals surface area (Å²) in [7, 11) is -4.82. The van der Waals surface area contributed by atoms with Crippen LogP contribution in [0.3, 0.4) is 0 Å². The van der Waals surface area contributed by atoms with Crippen LogP contribution in [0.15, 0.2) is 35.2 Å². The van der Waals surface area contributed by atoms with Crippen LogP contribution in [0, 0.1) is 10.1 Å². The number of ketones is 2. The van der Waals surface area contributed by atoms with Gasteiger partial charge in [-0.3, -0.25) is 24.3 Å². The van der Waals surface area contributed by atoms with Crippen LogP contribution in [0.2, 0.25) is 5.02 Å². The van der Waals surface area contributed by atoms with Crippen LogP contribution < -0.4 is 51.4 Å². The standard InChI is InChI=1S/C14H6ClNO7S.K/c15-7-4-5-8(16(19)20)12-11(7)13(17)6-2-1-3-9(24(21,22)23)10(6)14(12)18;/h1-5H,(H,21,22,23);/q;+1. The van der Waals surface area contributed by atoms with Gasteiger partial charge in [-0.1, -0.05) is 23.7 Å². The van der Waals surface area contributed by atoms with Gasteiger partial charge in [0.15, 0.2) is 5.78 Å². The monoisotopic (exact) mass is 406 g/mol. The third-order valence-electron chi connectivity index (χ3n) is 3.56. The smallest absolute Gasteiger partial charge is 0.288 e. The number of hydrogen-bond acceptors (Lipinski definition) is 6. The third kappa shape index (κ3) is 3.24. The Balaban J connectivity index is 0.00000225. The molecule has 0 spiro atoms. The molecule has 0 radical (unpaired) electrons. The summed E-state index contributed by atoms with van der Waals surface area (Å²) < 4.78 is 32.3. The van der Waals surface area contributed by atoms with Crippen molar-refractivity contribution in [3.05, 3.63) is 67.7 Å². The van der Waals surface area contributed by atoms with Gasteiger partial charge >= 0.3 is 51.4 Å². The summed E-state index contributed by atoms with van der Waals surface area (Å²) in [6, 6.07) is 5.35. The average Bonchev–Trinajstić information content (AvgIpc) is 2.50. The van der Waals surface area contributed by atoms with Gasteiger partial charge in [-0.2, -0.15) is 8.42 Å². The fraction of sp³-hybridized carbons (Fsp3) is 0. The molecule has 0 fully saturated rings. The van der Waals surface area contributed by atoms with E-state index in [-0.39, 0.29) is 67.5 Å². The number of nitro groups is 1. The second kappa shape index (κ2) is 6.97. The van der Waals surface area contributed by atoms with Gasteiger partial charge in [0, 0.05) is 11.6 Å². The Hall–Kier alpha value is -0.984. The average molecular weight is 407 g/mol. The second-order valence-electron chi connectivity index (χ2n) is 4.89. The van der Waals surface area contributed by atoms with Crippen molar-refractivity contribution in [2.45, 2.75) is 4.90 Å². The van der Waals surface area contributed by atoms with Crippen LogP contribution in [0.25, 0.3) is 0 Å². The van der Waals surface area contributed by atoms with Crippen LogP contribution in [0.4, 0.5) is 5.69 Å². The van der Waals surface area contributed by atoms with Gasteiger partial charge in [-0.15, -0.1) is 0 Å². The van der Waals surface area contributed by atoms with Gasteiger partial charge in [0.2, 0.25) is 5.78 Å². The molecule has 25 heavy (non-hydrogen) atoms. The van der Waals surface area contributed by atoms with E-state index in [2.05, 4.69) is 0 Å². The van der Waals surface area contributed by atoms with Gasteiger partial charge in [-0.05, 0) is 12.1 Å². The number of halogens is 1. The Morgan fingerprint density at radius 3 is 2.20 bits per heavy atom. The van der Waals surface area contributed by atoms with Crippen LogP contribution in [-0.4, -0.2) is 29.5 Å². The molecule has 1 aliphatic rings. The molecule has 0 atom stereocenters. The Kier molecular flexibility index (Phi) is 5.67. The molecule has 122 valence electrons. The summed E-state index contributed by atoms with van der Waals surface area (Å²) in [6.07, 6.45) is 0. The fourth-order valence-electron chi connectivity index (χ4n) is 2.60. The van der Waals surface area contributed by atoms with Crippen molar-refractivity contribution < 1.29 is 78.9 Å². The van der Waals surface area contributed by atoms with E-state index in [1.54, 1.807) is 0 Å². The molecule has 1 N–H and O–H groups in total. The molecular weight excluding hydrogens is 401 g/mol. The summed E-state index contributed by atoms with van der Waals surface area (Å²) in [5, 5.41) is 11.0. The van der Waals surface area contributed by atoms with Gasteiger partial charge in [-0.25, -0.2) is 0 Å². The predicted octanol–water partition coefficient (Wildman–Crippen LogP) is -0.726. The van der Waals surface area contributed by atoms with E-state index >= 15 is 0 Å². The summed E-state index contributed by atoms with van der Waals surface area (Å²) in [4.78, 5) is 34.8. The molecule has 0 aliphatic heterocycles. The van der Waals surface area contributed by atoms with Gasteiger partial charge in [0.1, 0.15) is 10.5 Å². The summed E-state index contributed by atoms with van der Waals surface area (Å²) in [5.74, 6) is -1.90. The number of benzene rings is 2. The first-order valence-corrected chi connectivity index (χ1v) is 8.13. The number of rotatable bonds is 2. The number of nitrogens with zero attached hydrogens (tertiary/aromatic N) is 1. The van der Waals surface area contributed by atoms with Crippen molar-refractivity contribution >= 4 is 39.0 Å². The van der Waals surface area contributed by atoms with Crippen LogP contribution >= 0.6 is 11.6 Å². The molecule has 2 aromatic carbocycles. The fourth-order valence-corrected chi connectivity index (χ4v) is 3.55. The maximum Gasteiger partial charge on any atom is 1.00 e. The first-order chi connectivity index (χ1) is 11.1. The van der Waals surface area contributed by atoms with Crippen molar-refractivity contribution in [3.63, 3.8) is 0 Å². The van der Waals surface area contributed by atoms with Crippen molar-refractivity contribution in [2.24, 2.45) is 0 Å². The minimum Gasteiger partial charge on any atom is -0.288 e. The number of carbonyl (C=O) groups is 2. The largest absolute Gasteiger partial charge is 1.00 e. The van der Waals surface area contributed by atoms with Crippen LogP contribution in [0.1, 0.15) is 31.8 Å². The Bertz CT molecular complexity index is 1070. The van der Waals surface area contributed by atoms with Crippen LogP contribution in [-0.2, 0) is 10.1 Å². The van der Waals surface area contributed by atoms with Crippen LogP contribution in [0.5, 0.6) is 0 Å². The molecule has 0 amide bonds.